The van der Waals surface area contributed by atoms with E-state index in [-0.39, 0.29) is 5.69 Å². The van der Waals surface area contributed by atoms with E-state index in [4.69, 9.17) is 0 Å². The second kappa shape index (κ2) is 5.26. The van der Waals surface area contributed by atoms with Gasteiger partial charge in [0.1, 0.15) is 5.69 Å². The zero-order valence-electron chi connectivity index (χ0n) is 7.28. The summed E-state index contributed by atoms with van der Waals surface area (Å²) in [5, 5.41) is 10.1. The average Bonchev–Trinajstić information content (AvgIpc) is 2.09. The van der Waals surface area contributed by atoms with Crippen molar-refractivity contribution in [1.82, 2.24) is 0 Å². The Kier molecular flexibility index (Phi) is 4.64. The molecule has 0 aliphatic carbocycles. The van der Waals surface area contributed by atoms with Crippen LogP contribution in [0.4, 0.5) is 11.4 Å². The Morgan fingerprint density at radius 2 is 1.67 bits per heavy atom. The van der Waals surface area contributed by atoms with Crippen LogP contribution in [-0.2, 0) is 0 Å². The van der Waals surface area contributed by atoms with Crippen molar-refractivity contribution in [3.05, 3.63) is 34.4 Å². The standard InChI is InChI=1S/C6H6N2O2.C2H6/c7-5-1-3-6(4-2-5)8(9)10;1-2/h1-4H,7H2;1-2H3/p+1. The normalized spacial score (nSPS) is 8.25. The minimum atomic E-state index is -0.431. The predicted molar refractivity (Wildman–Crippen MR) is 47.0 cm³/mol. The van der Waals surface area contributed by atoms with E-state index in [2.05, 4.69) is 5.73 Å². The molecule has 66 valence electrons. The molecule has 0 unspecified atom stereocenters. The third-order valence-corrected chi connectivity index (χ3v) is 1.15. The summed E-state index contributed by atoms with van der Waals surface area (Å²) < 4.78 is 0. The molecule has 4 heteroatoms. The van der Waals surface area contributed by atoms with E-state index in [1.54, 1.807) is 12.1 Å². The highest BCUT2D eigenvalue weighted by molar-refractivity contribution is 5.38. The maximum absolute atomic E-state index is 10.1. The lowest BCUT2D eigenvalue weighted by Crippen LogP contribution is -2.39. The number of benzene rings is 1. The number of rotatable bonds is 1. The fourth-order valence-electron chi connectivity index (χ4n) is 0.618. The molecular formula is C8H13N2O2+. The van der Waals surface area contributed by atoms with Crippen LogP contribution >= 0.6 is 0 Å². The first-order chi connectivity index (χ1) is 5.70. The van der Waals surface area contributed by atoms with Crippen LogP contribution in [0.25, 0.3) is 0 Å². The van der Waals surface area contributed by atoms with Crippen molar-refractivity contribution >= 4 is 11.4 Å². The Morgan fingerprint density at radius 3 is 2.00 bits per heavy atom. The van der Waals surface area contributed by atoms with Crippen LogP contribution in [0, 0.1) is 10.1 Å². The van der Waals surface area contributed by atoms with Gasteiger partial charge in [-0.25, -0.2) is 0 Å². The summed E-state index contributed by atoms with van der Waals surface area (Å²) in [6.45, 7) is 4.00. The fraction of sp³-hybridized carbons (Fsp3) is 0.250. The quantitative estimate of drug-likeness (QED) is 0.511. The summed E-state index contributed by atoms with van der Waals surface area (Å²) in [6, 6.07) is 6.08. The molecule has 0 fully saturated rings. The zero-order chi connectivity index (χ0) is 9.56. The van der Waals surface area contributed by atoms with Crippen molar-refractivity contribution in [1.29, 1.82) is 0 Å². The predicted octanol–water partition coefficient (Wildman–Crippen LogP) is 1.49. The number of nitrogens with zero attached hydrogens (tertiary/aromatic N) is 1. The molecule has 0 aromatic heterocycles. The number of nitro benzene ring substituents is 1. The van der Waals surface area contributed by atoms with Crippen molar-refractivity contribution in [2.24, 2.45) is 0 Å². The van der Waals surface area contributed by atoms with Gasteiger partial charge in [-0.05, 0) is 0 Å². The molecular weight excluding hydrogens is 156 g/mol. The van der Waals surface area contributed by atoms with Gasteiger partial charge in [-0.3, -0.25) is 10.1 Å². The first kappa shape index (κ1) is 10.6. The van der Waals surface area contributed by atoms with Crippen LogP contribution in [0.5, 0.6) is 0 Å². The molecule has 12 heavy (non-hydrogen) atoms. The van der Waals surface area contributed by atoms with Gasteiger partial charge < -0.3 is 5.73 Å². The molecule has 0 bridgehead atoms. The van der Waals surface area contributed by atoms with Gasteiger partial charge in [0.2, 0.25) is 0 Å². The minimum Gasteiger partial charge on any atom is -0.325 e. The van der Waals surface area contributed by atoms with E-state index in [0.29, 0.717) is 0 Å². The molecule has 0 aliphatic rings. The molecule has 1 rings (SSSR count). The number of non-ortho nitro benzene ring substituents is 1. The van der Waals surface area contributed by atoms with Gasteiger partial charge in [0.25, 0.3) is 5.69 Å². The Morgan fingerprint density at radius 1 is 1.25 bits per heavy atom. The van der Waals surface area contributed by atoms with E-state index < -0.39 is 4.92 Å². The van der Waals surface area contributed by atoms with Gasteiger partial charge in [-0.15, -0.1) is 0 Å². The topological polar surface area (TPSA) is 70.8 Å². The summed E-state index contributed by atoms with van der Waals surface area (Å²) in [6.07, 6.45) is 0. The highest BCUT2D eigenvalue weighted by atomic mass is 16.6. The monoisotopic (exact) mass is 169 g/mol. The maximum atomic E-state index is 10.1. The summed E-state index contributed by atoms with van der Waals surface area (Å²) in [5.74, 6) is 0. The molecule has 0 aliphatic heterocycles. The van der Waals surface area contributed by atoms with Gasteiger partial charge in [-0.1, -0.05) is 13.8 Å². The maximum Gasteiger partial charge on any atom is 0.269 e. The lowest BCUT2D eigenvalue weighted by atomic mass is 10.3. The van der Waals surface area contributed by atoms with E-state index in [1.165, 1.54) is 12.1 Å². The third kappa shape index (κ3) is 3.12. The molecule has 0 atom stereocenters. The van der Waals surface area contributed by atoms with E-state index in [0.717, 1.165) is 5.69 Å². The van der Waals surface area contributed by atoms with Crippen LogP contribution in [0.15, 0.2) is 24.3 Å². The second-order valence-corrected chi connectivity index (χ2v) is 1.92. The third-order valence-electron chi connectivity index (χ3n) is 1.15. The second-order valence-electron chi connectivity index (χ2n) is 1.92. The molecule has 0 amide bonds. The van der Waals surface area contributed by atoms with Gasteiger partial charge in [0.05, 0.1) is 4.92 Å². The van der Waals surface area contributed by atoms with Gasteiger partial charge in [-0.2, -0.15) is 0 Å². The van der Waals surface area contributed by atoms with E-state index >= 15 is 0 Å². The molecule has 0 spiro atoms. The van der Waals surface area contributed by atoms with Gasteiger partial charge in [0, 0.05) is 24.3 Å². The van der Waals surface area contributed by atoms with E-state index in [1.807, 2.05) is 13.8 Å². The van der Waals surface area contributed by atoms with Crippen LogP contribution in [0.3, 0.4) is 0 Å². The summed E-state index contributed by atoms with van der Waals surface area (Å²) in [7, 11) is 0. The minimum absolute atomic E-state index is 0.104. The van der Waals surface area contributed by atoms with Crippen LogP contribution < -0.4 is 5.73 Å². The van der Waals surface area contributed by atoms with Gasteiger partial charge >= 0.3 is 0 Å². The van der Waals surface area contributed by atoms with Gasteiger partial charge in [0.15, 0.2) is 0 Å². The lowest BCUT2D eigenvalue weighted by Gasteiger charge is -1.87. The van der Waals surface area contributed by atoms with Crippen molar-refractivity contribution < 1.29 is 10.7 Å². The van der Waals surface area contributed by atoms with Crippen LogP contribution in [0.2, 0.25) is 0 Å². The summed E-state index contributed by atoms with van der Waals surface area (Å²) >= 11 is 0. The summed E-state index contributed by atoms with van der Waals surface area (Å²) in [4.78, 5) is 9.67. The van der Waals surface area contributed by atoms with Crippen molar-refractivity contribution in [2.75, 3.05) is 0 Å². The molecule has 3 N–H and O–H groups in total. The van der Waals surface area contributed by atoms with E-state index in [9.17, 15) is 10.1 Å². The molecule has 1 aromatic carbocycles. The van der Waals surface area contributed by atoms with Crippen molar-refractivity contribution in [3.8, 4) is 0 Å². The van der Waals surface area contributed by atoms with Crippen molar-refractivity contribution in [2.45, 2.75) is 13.8 Å². The molecule has 1 aromatic rings. The molecule has 0 radical (unpaired) electrons. The number of quaternary nitrogens is 1. The first-order valence-electron chi connectivity index (χ1n) is 3.76. The SMILES string of the molecule is CC.[NH3+]c1ccc([N+](=O)[O-])cc1. The Bertz CT molecular complexity index is 244. The highest BCUT2D eigenvalue weighted by Gasteiger charge is 2.02. The average molecular weight is 169 g/mol. The number of hydrogen-bond acceptors (Lipinski definition) is 2. The smallest absolute Gasteiger partial charge is 0.269 e. The molecule has 0 saturated heterocycles. The number of nitro groups is 1. The number of hydrogen-bond donors (Lipinski definition) is 1. The Hall–Kier alpha value is -1.42. The molecule has 4 nitrogen and oxygen atoms in total. The Balaban J connectivity index is 0.000000561. The molecule has 0 heterocycles. The van der Waals surface area contributed by atoms with Crippen LogP contribution in [-0.4, -0.2) is 4.92 Å². The lowest BCUT2D eigenvalue weighted by molar-refractivity contribution is -0.385. The largest absolute Gasteiger partial charge is 0.325 e. The highest BCUT2D eigenvalue weighted by Crippen LogP contribution is 2.11. The zero-order valence-corrected chi connectivity index (χ0v) is 7.28. The summed E-state index contributed by atoms with van der Waals surface area (Å²) in [5.41, 5.74) is 4.49. The Labute approximate surface area is 71.2 Å². The molecule has 0 saturated carbocycles. The first-order valence-corrected chi connectivity index (χ1v) is 3.76. The van der Waals surface area contributed by atoms with Crippen molar-refractivity contribution in [3.63, 3.8) is 0 Å². The van der Waals surface area contributed by atoms with Crippen LogP contribution in [0.1, 0.15) is 13.8 Å². The fourth-order valence-corrected chi connectivity index (χ4v) is 0.618.